The van der Waals surface area contributed by atoms with Crippen molar-refractivity contribution in [1.82, 2.24) is 10.6 Å². The van der Waals surface area contributed by atoms with E-state index in [1.807, 2.05) is 30.3 Å². The van der Waals surface area contributed by atoms with Crippen LogP contribution in [0.5, 0.6) is 0 Å². The maximum Gasteiger partial charge on any atom is 0.191 e. The molecule has 0 aliphatic rings. The number of benzene rings is 1. The number of hydrogen-bond acceptors (Lipinski definition) is 3. The molecule has 1 aromatic heterocycles. The SMILES string of the molecule is CC(C)OCCCCNC(=NCc1ccccc1)NCCc1ccco1.I. The second kappa shape index (κ2) is 14.5. The van der Waals surface area contributed by atoms with E-state index in [1.165, 1.54) is 5.56 Å². The minimum atomic E-state index is 0. The number of guanidine groups is 1. The molecule has 0 atom stereocenters. The second-order valence-electron chi connectivity index (χ2n) is 6.46. The number of aliphatic imine (C=N–C) groups is 1. The molecular weight excluding hydrogens is 453 g/mol. The Labute approximate surface area is 180 Å². The molecule has 2 aromatic rings. The van der Waals surface area contributed by atoms with E-state index >= 15 is 0 Å². The molecule has 0 fully saturated rings. The first-order valence-electron chi connectivity index (χ1n) is 9.44. The van der Waals surface area contributed by atoms with Gasteiger partial charge in [-0.2, -0.15) is 0 Å². The summed E-state index contributed by atoms with van der Waals surface area (Å²) < 4.78 is 11.0. The first-order chi connectivity index (χ1) is 12.7. The molecule has 150 valence electrons. The van der Waals surface area contributed by atoms with Crippen LogP contribution < -0.4 is 10.6 Å². The van der Waals surface area contributed by atoms with Crippen LogP contribution in [0, 0.1) is 0 Å². The molecule has 0 saturated carbocycles. The molecule has 0 amide bonds. The van der Waals surface area contributed by atoms with Gasteiger partial charge >= 0.3 is 0 Å². The smallest absolute Gasteiger partial charge is 0.191 e. The minimum absolute atomic E-state index is 0. The molecule has 2 rings (SSSR count). The largest absolute Gasteiger partial charge is 0.469 e. The summed E-state index contributed by atoms with van der Waals surface area (Å²) in [5, 5.41) is 6.80. The quantitative estimate of drug-likeness (QED) is 0.215. The van der Waals surface area contributed by atoms with Crippen molar-refractivity contribution >= 4 is 29.9 Å². The molecule has 0 bridgehead atoms. The zero-order valence-electron chi connectivity index (χ0n) is 16.3. The number of rotatable bonds is 11. The van der Waals surface area contributed by atoms with Crippen LogP contribution in [0.3, 0.4) is 0 Å². The maximum atomic E-state index is 5.58. The van der Waals surface area contributed by atoms with E-state index in [9.17, 15) is 0 Å². The summed E-state index contributed by atoms with van der Waals surface area (Å²) in [6, 6.07) is 14.2. The van der Waals surface area contributed by atoms with Crippen LogP contribution in [0.1, 0.15) is 38.0 Å². The van der Waals surface area contributed by atoms with E-state index < -0.39 is 0 Å². The van der Waals surface area contributed by atoms with Crippen LogP contribution >= 0.6 is 24.0 Å². The van der Waals surface area contributed by atoms with Gasteiger partial charge in [0.1, 0.15) is 5.76 Å². The Bertz CT molecular complexity index is 616. The van der Waals surface area contributed by atoms with Crippen molar-refractivity contribution in [3.8, 4) is 0 Å². The van der Waals surface area contributed by atoms with Gasteiger partial charge in [-0.3, -0.25) is 0 Å². The monoisotopic (exact) mass is 485 g/mol. The fourth-order valence-electron chi connectivity index (χ4n) is 2.44. The molecule has 1 heterocycles. The standard InChI is InChI=1S/C21H31N3O2.HI/c1-18(2)25-15-7-6-13-22-21(23-14-12-20-11-8-16-26-20)24-17-19-9-4-3-5-10-19;/h3-5,8-11,16,18H,6-7,12-15,17H2,1-2H3,(H2,22,23,24);1H. The lowest BCUT2D eigenvalue weighted by Crippen LogP contribution is -2.39. The lowest BCUT2D eigenvalue weighted by molar-refractivity contribution is 0.0762. The van der Waals surface area contributed by atoms with Crippen LogP contribution in [-0.2, 0) is 17.7 Å². The Hall–Kier alpha value is -1.54. The molecule has 27 heavy (non-hydrogen) atoms. The predicted octanol–water partition coefficient (Wildman–Crippen LogP) is 4.38. The van der Waals surface area contributed by atoms with Crippen molar-refractivity contribution in [3.63, 3.8) is 0 Å². The number of halogens is 1. The van der Waals surface area contributed by atoms with Gasteiger partial charge in [0.15, 0.2) is 5.96 Å². The first kappa shape index (κ1) is 23.5. The summed E-state index contributed by atoms with van der Waals surface area (Å²) in [7, 11) is 0. The molecule has 5 nitrogen and oxygen atoms in total. The highest BCUT2D eigenvalue weighted by Gasteiger charge is 2.01. The third-order valence-corrected chi connectivity index (χ3v) is 3.82. The van der Waals surface area contributed by atoms with E-state index in [0.717, 1.165) is 50.7 Å². The summed E-state index contributed by atoms with van der Waals surface area (Å²) in [4.78, 5) is 4.69. The van der Waals surface area contributed by atoms with Gasteiger partial charge in [-0.1, -0.05) is 30.3 Å². The molecule has 1 aromatic carbocycles. The van der Waals surface area contributed by atoms with Crippen molar-refractivity contribution in [2.45, 2.75) is 45.8 Å². The maximum absolute atomic E-state index is 5.58. The fourth-order valence-corrected chi connectivity index (χ4v) is 2.44. The average Bonchev–Trinajstić information content (AvgIpc) is 3.16. The van der Waals surface area contributed by atoms with Gasteiger partial charge in [-0.25, -0.2) is 4.99 Å². The molecule has 6 heteroatoms. The molecular formula is C21H32IN3O2. The van der Waals surface area contributed by atoms with Crippen molar-refractivity contribution < 1.29 is 9.15 Å². The van der Waals surface area contributed by atoms with Crippen LogP contribution in [0.4, 0.5) is 0 Å². The number of nitrogens with zero attached hydrogens (tertiary/aromatic N) is 1. The van der Waals surface area contributed by atoms with Gasteiger partial charge in [-0.15, -0.1) is 24.0 Å². The number of ether oxygens (including phenoxy) is 1. The van der Waals surface area contributed by atoms with Gasteiger partial charge < -0.3 is 19.8 Å². The summed E-state index contributed by atoms with van der Waals surface area (Å²) in [5.41, 5.74) is 1.20. The Kier molecular flexibility index (Phi) is 12.6. The molecule has 0 radical (unpaired) electrons. The third kappa shape index (κ3) is 11.0. The summed E-state index contributed by atoms with van der Waals surface area (Å²) in [6.45, 7) is 7.26. The summed E-state index contributed by atoms with van der Waals surface area (Å²) in [6.07, 6.45) is 4.94. The Balaban J connectivity index is 0.00000364. The molecule has 0 unspecified atom stereocenters. The van der Waals surface area contributed by atoms with Gasteiger partial charge in [0.05, 0.1) is 18.9 Å². The Morgan fingerprint density at radius 3 is 2.52 bits per heavy atom. The highest BCUT2D eigenvalue weighted by molar-refractivity contribution is 14.0. The van der Waals surface area contributed by atoms with Crippen molar-refractivity contribution in [1.29, 1.82) is 0 Å². The summed E-state index contributed by atoms with van der Waals surface area (Å²) >= 11 is 0. The molecule has 2 N–H and O–H groups in total. The van der Waals surface area contributed by atoms with Crippen LogP contribution in [0.2, 0.25) is 0 Å². The second-order valence-corrected chi connectivity index (χ2v) is 6.46. The van der Waals surface area contributed by atoms with Gasteiger partial charge in [-0.05, 0) is 44.4 Å². The minimum Gasteiger partial charge on any atom is -0.469 e. The molecule has 0 spiro atoms. The Morgan fingerprint density at radius 1 is 1.04 bits per heavy atom. The number of unbranched alkanes of at least 4 members (excludes halogenated alkanes) is 1. The van der Waals surface area contributed by atoms with Crippen LogP contribution in [-0.4, -0.2) is 31.8 Å². The molecule has 0 saturated heterocycles. The van der Waals surface area contributed by atoms with E-state index in [0.29, 0.717) is 12.6 Å². The topological polar surface area (TPSA) is 58.8 Å². The molecule has 0 aliphatic carbocycles. The van der Waals surface area contributed by atoms with Crippen LogP contribution in [0.15, 0.2) is 58.1 Å². The number of hydrogen-bond donors (Lipinski definition) is 2. The molecule has 0 aliphatic heterocycles. The number of nitrogens with one attached hydrogen (secondary N) is 2. The highest BCUT2D eigenvalue weighted by Crippen LogP contribution is 2.01. The Morgan fingerprint density at radius 2 is 1.81 bits per heavy atom. The lowest BCUT2D eigenvalue weighted by atomic mass is 10.2. The normalized spacial score (nSPS) is 11.3. The summed E-state index contributed by atoms with van der Waals surface area (Å²) in [5.74, 6) is 1.82. The zero-order valence-corrected chi connectivity index (χ0v) is 18.6. The highest BCUT2D eigenvalue weighted by atomic mass is 127. The fraction of sp³-hybridized carbons (Fsp3) is 0.476. The van der Waals surface area contributed by atoms with Gasteiger partial charge in [0.2, 0.25) is 0 Å². The van der Waals surface area contributed by atoms with Crippen LogP contribution in [0.25, 0.3) is 0 Å². The van der Waals surface area contributed by atoms with E-state index in [-0.39, 0.29) is 24.0 Å². The van der Waals surface area contributed by atoms with Crippen molar-refractivity contribution in [3.05, 3.63) is 60.1 Å². The predicted molar refractivity (Wildman–Crippen MR) is 122 cm³/mol. The van der Waals surface area contributed by atoms with Crippen molar-refractivity contribution in [2.24, 2.45) is 4.99 Å². The van der Waals surface area contributed by atoms with E-state index in [2.05, 4.69) is 36.6 Å². The number of furan rings is 1. The van der Waals surface area contributed by atoms with E-state index in [1.54, 1.807) is 6.26 Å². The third-order valence-electron chi connectivity index (χ3n) is 3.82. The average molecular weight is 485 g/mol. The van der Waals surface area contributed by atoms with Gasteiger partial charge in [0.25, 0.3) is 0 Å². The van der Waals surface area contributed by atoms with E-state index in [4.69, 9.17) is 14.1 Å². The van der Waals surface area contributed by atoms with Crippen molar-refractivity contribution in [2.75, 3.05) is 19.7 Å². The zero-order chi connectivity index (χ0) is 18.5. The lowest BCUT2D eigenvalue weighted by Gasteiger charge is -2.13. The first-order valence-corrected chi connectivity index (χ1v) is 9.44. The van der Waals surface area contributed by atoms with Gasteiger partial charge in [0, 0.05) is 26.1 Å².